The maximum Gasteiger partial charge on any atom is 0.323 e. The van der Waals surface area contributed by atoms with Crippen LogP contribution < -0.4 is 10.2 Å². The van der Waals surface area contributed by atoms with E-state index in [9.17, 15) is 4.79 Å². The third-order valence-electron chi connectivity index (χ3n) is 3.71. The number of nitrogens with one attached hydrogen (secondary N) is 1. The van der Waals surface area contributed by atoms with Crippen LogP contribution in [0.15, 0.2) is 36.5 Å². The first-order valence-electron chi connectivity index (χ1n) is 7.18. The lowest BCUT2D eigenvalue weighted by Crippen LogP contribution is -2.50. The van der Waals surface area contributed by atoms with Gasteiger partial charge in [-0.2, -0.15) is 5.10 Å². The molecule has 1 aromatic carbocycles. The molecule has 0 radical (unpaired) electrons. The molecule has 116 valence electrons. The molecule has 0 unspecified atom stereocenters. The molecule has 1 saturated heterocycles. The summed E-state index contributed by atoms with van der Waals surface area (Å²) in [5.74, 6) is 0.570. The Hall–Kier alpha value is -2.21. The Labute approximate surface area is 134 Å². The van der Waals surface area contributed by atoms with Gasteiger partial charge >= 0.3 is 6.03 Å². The van der Waals surface area contributed by atoms with E-state index in [4.69, 9.17) is 11.6 Å². The lowest BCUT2D eigenvalue weighted by atomic mass is 10.2. The number of benzene rings is 1. The first-order valence-corrected chi connectivity index (χ1v) is 7.56. The van der Waals surface area contributed by atoms with Crippen molar-refractivity contribution in [1.29, 1.82) is 0 Å². The van der Waals surface area contributed by atoms with E-state index >= 15 is 0 Å². The number of halogens is 1. The van der Waals surface area contributed by atoms with Crippen molar-refractivity contribution in [3.63, 3.8) is 0 Å². The summed E-state index contributed by atoms with van der Waals surface area (Å²) in [6.07, 6.45) is 1.80. The number of aryl methyl sites for hydroxylation is 1. The topological polar surface area (TPSA) is 53.4 Å². The molecule has 6 nitrogen and oxygen atoms in total. The van der Waals surface area contributed by atoms with Crippen molar-refractivity contribution in [2.24, 2.45) is 7.05 Å². The number of carbonyl (C=O) groups excluding carboxylic acids is 1. The molecule has 1 aliphatic rings. The fourth-order valence-corrected chi connectivity index (χ4v) is 2.78. The molecule has 0 saturated carbocycles. The maximum absolute atomic E-state index is 12.2. The number of piperazine rings is 1. The lowest BCUT2D eigenvalue weighted by molar-refractivity contribution is 0.208. The molecule has 3 rings (SSSR count). The predicted octanol–water partition coefficient (Wildman–Crippen LogP) is 2.43. The second kappa shape index (κ2) is 6.27. The van der Waals surface area contributed by atoms with E-state index in [0.717, 1.165) is 23.8 Å². The van der Waals surface area contributed by atoms with Crippen molar-refractivity contribution in [2.75, 3.05) is 36.4 Å². The van der Waals surface area contributed by atoms with Crippen LogP contribution in [-0.4, -0.2) is 46.9 Å². The lowest BCUT2D eigenvalue weighted by Gasteiger charge is -2.36. The Kier molecular flexibility index (Phi) is 4.20. The first-order chi connectivity index (χ1) is 10.6. The first kappa shape index (κ1) is 14.7. The molecule has 1 fully saturated rings. The fraction of sp³-hybridized carbons (Fsp3) is 0.333. The number of rotatable bonds is 2. The molecule has 7 heteroatoms. The highest BCUT2D eigenvalue weighted by atomic mass is 35.5. The minimum atomic E-state index is -0.113. The summed E-state index contributed by atoms with van der Waals surface area (Å²) in [7, 11) is 1.82. The quantitative estimate of drug-likeness (QED) is 0.925. The van der Waals surface area contributed by atoms with E-state index in [0.29, 0.717) is 18.9 Å². The van der Waals surface area contributed by atoms with Crippen LogP contribution in [0.4, 0.5) is 16.3 Å². The zero-order valence-corrected chi connectivity index (χ0v) is 13.1. The maximum atomic E-state index is 12.2. The van der Waals surface area contributed by atoms with Crippen molar-refractivity contribution in [3.8, 4) is 0 Å². The average molecular weight is 320 g/mol. The molecular formula is C15H18ClN5O. The van der Waals surface area contributed by atoms with Crippen molar-refractivity contribution in [2.45, 2.75) is 0 Å². The van der Waals surface area contributed by atoms with Crippen molar-refractivity contribution >= 4 is 29.1 Å². The van der Waals surface area contributed by atoms with Gasteiger partial charge in [0.2, 0.25) is 0 Å². The van der Waals surface area contributed by atoms with Gasteiger partial charge in [-0.05, 0) is 12.1 Å². The van der Waals surface area contributed by atoms with Gasteiger partial charge in [0, 0.05) is 45.5 Å². The molecule has 2 amide bonds. The van der Waals surface area contributed by atoms with E-state index in [1.54, 1.807) is 21.8 Å². The molecule has 2 heterocycles. The van der Waals surface area contributed by atoms with Gasteiger partial charge in [-0.25, -0.2) is 4.79 Å². The summed E-state index contributed by atoms with van der Waals surface area (Å²) in [5.41, 5.74) is 1.02. The molecule has 1 N–H and O–H groups in total. The molecular weight excluding hydrogens is 302 g/mol. The summed E-state index contributed by atoms with van der Waals surface area (Å²) < 4.78 is 1.66. The molecule has 0 aliphatic carbocycles. The van der Waals surface area contributed by atoms with Crippen LogP contribution in [-0.2, 0) is 7.05 Å². The number of amides is 2. The minimum absolute atomic E-state index is 0.113. The average Bonchev–Trinajstić information content (AvgIpc) is 2.93. The van der Waals surface area contributed by atoms with Crippen molar-refractivity contribution in [1.82, 2.24) is 14.7 Å². The van der Waals surface area contributed by atoms with E-state index in [1.807, 2.05) is 31.3 Å². The number of hydrogen-bond donors (Lipinski definition) is 1. The zero-order valence-electron chi connectivity index (χ0n) is 12.4. The standard InChI is InChI=1S/C15H18ClN5O/c1-19-7-6-14(18-19)17-15(22)21-10-8-20(9-11-21)13-5-3-2-4-12(13)16/h2-7H,8-11H2,1H3,(H,17,18,22). The monoisotopic (exact) mass is 319 g/mol. The summed E-state index contributed by atoms with van der Waals surface area (Å²) in [4.78, 5) is 16.2. The highest BCUT2D eigenvalue weighted by molar-refractivity contribution is 6.33. The predicted molar refractivity (Wildman–Crippen MR) is 87.5 cm³/mol. The summed E-state index contributed by atoms with van der Waals surface area (Å²) >= 11 is 6.22. The van der Waals surface area contributed by atoms with Crippen LogP contribution in [0.2, 0.25) is 5.02 Å². The van der Waals surface area contributed by atoms with Gasteiger partial charge < -0.3 is 9.80 Å². The fourth-order valence-electron chi connectivity index (χ4n) is 2.53. The molecule has 1 aliphatic heterocycles. The zero-order chi connectivity index (χ0) is 15.5. The largest absolute Gasteiger partial charge is 0.367 e. The Bertz CT molecular complexity index is 663. The van der Waals surface area contributed by atoms with Crippen LogP contribution in [0.5, 0.6) is 0 Å². The third-order valence-corrected chi connectivity index (χ3v) is 4.03. The number of hydrogen-bond acceptors (Lipinski definition) is 3. The van der Waals surface area contributed by atoms with Crippen molar-refractivity contribution < 1.29 is 4.79 Å². The van der Waals surface area contributed by atoms with Crippen LogP contribution in [0.3, 0.4) is 0 Å². The van der Waals surface area contributed by atoms with E-state index in [-0.39, 0.29) is 6.03 Å². The minimum Gasteiger partial charge on any atom is -0.367 e. The van der Waals surface area contributed by atoms with E-state index in [1.165, 1.54) is 0 Å². The highest BCUT2D eigenvalue weighted by Gasteiger charge is 2.22. The normalized spacial score (nSPS) is 15.0. The molecule has 1 aromatic heterocycles. The molecule has 22 heavy (non-hydrogen) atoms. The van der Waals surface area contributed by atoms with Gasteiger partial charge in [-0.3, -0.25) is 10.00 Å². The summed E-state index contributed by atoms with van der Waals surface area (Å²) in [6.45, 7) is 2.84. The number of para-hydroxylation sites is 1. The number of anilines is 2. The van der Waals surface area contributed by atoms with Crippen LogP contribution in [0.25, 0.3) is 0 Å². The number of urea groups is 1. The molecule has 0 spiro atoms. The van der Waals surface area contributed by atoms with E-state index < -0.39 is 0 Å². The summed E-state index contributed by atoms with van der Waals surface area (Å²) in [5, 5.41) is 7.70. The van der Waals surface area contributed by atoms with Gasteiger partial charge in [0.15, 0.2) is 5.82 Å². The van der Waals surface area contributed by atoms with Crippen LogP contribution in [0.1, 0.15) is 0 Å². The highest BCUT2D eigenvalue weighted by Crippen LogP contribution is 2.26. The molecule has 0 bridgehead atoms. The smallest absolute Gasteiger partial charge is 0.323 e. The second-order valence-electron chi connectivity index (χ2n) is 5.23. The van der Waals surface area contributed by atoms with Gasteiger partial charge in [0.1, 0.15) is 0 Å². The Morgan fingerprint density at radius 2 is 1.91 bits per heavy atom. The van der Waals surface area contributed by atoms with E-state index in [2.05, 4.69) is 15.3 Å². The second-order valence-corrected chi connectivity index (χ2v) is 5.64. The van der Waals surface area contributed by atoms with Crippen LogP contribution in [0, 0.1) is 0 Å². The Morgan fingerprint density at radius 1 is 1.18 bits per heavy atom. The molecule has 0 atom stereocenters. The molecule has 2 aromatic rings. The van der Waals surface area contributed by atoms with Crippen LogP contribution >= 0.6 is 11.6 Å². The Balaban J connectivity index is 1.57. The van der Waals surface area contributed by atoms with Gasteiger partial charge in [0.05, 0.1) is 10.7 Å². The van der Waals surface area contributed by atoms with Crippen molar-refractivity contribution in [3.05, 3.63) is 41.6 Å². The third kappa shape index (κ3) is 3.17. The number of aromatic nitrogens is 2. The number of nitrogens with zero attached hydrogens (tertiary/aromatic N) is 4. The summed E-state index contributed by atoms with van der Waals surface area (Å²) in [6, 6.07) is 9.45. The SMILES string of the molecule is Cn1ccc(NC(=O)N2CCN(c3ccccc3Cl)CC2)n1. The van der Waals surface area contributed by atoms with Gasteiger partial charge in [-0.1, -0.05) is 23.7 Å². The Morgan fingerprint density at radius 3 is 2.55 bits per heavy atom. The van der Waals surface area contributed by atoms with Gasteiger partial charge in [0.25, 0.3) is 0 Å². The number of carbonyl (C=O) groups is 1. The van der Waals surface area contributed by atoms with Gasteiger partial charge in [-0.15, -0.1) is 0 Å².